The van der Waals surface area contributed by atoms with Gasteiger partial charge in [0.05, 0.1) is 6.42 Å². The topological polar surface area (TPSA) is 84.0 Å². The van der Waals surface area contributed by atoms with Crippen molar-refractivity contribution in [3.63, 3.8) is 0 Å². The van der Waals surface area contributed by atoms with Crippen molar-refractivity contribution in [3.8, 4) is 11.1 Å². The first-order chi connectivity index (χ1) is 15.3. The molecule has 3 aromatic rings. The second kappa shape index (κ2) is 10.8. The number of aromatic nitrogens is 2. The number of carbonyl (C=O) groups is 2. The minimum atomic E-state index is -0.842. The van der Waals surface area contributed by atoms with Gasteiger partial charge in [0.15, 0.2) is 0 Å². The zero-order valence-corrected chi connectivity index (χ0v) is 18.0. The molecule has 0 bridgehead atoms. The van der Waals surface area contributed by atoms with Crippen LogP contribution in [0.2, 0.25) is 5.02 Å². The summed E-state index contributed by atoms with van der Waals surface area (Å²) in [6.07, 6.45) is 3.88. The molecule has 1 atom stereocenters. The van der Waals surface area contributed by atoms with Crippen LogP contribution >= 0.6 is 11.6 Å². The van der Waals surface area contributed by atoms with Crippen molar-refractivity contribution in [3.05, 3.63) is 77.1 Å². The molecule has 1 aromatic heterocycles. The van der Waals surface area contributed by atoms with Crippen molar-refractivity contribution in [2.45, 2.75) is 32.2 Å². The maximum absolute atomic E-state index is 13.3. The van der Waals surface area contributed by atoms with Gasteiger partial charge < -0.3 is 5.32 Å². The van der Waals surface area contributed by atoms with E-state index in [-0.39, 0.29) is 17.9 Å². The van der Waals surface area contributed by atoms with Crippen molar-refractivity contribution in [2.75, 3.05) is 5.32 Å². The van der Waals surface area contributed by atoms with E-state index in [2.05, 4.69) is 20.6 Å². The molecule has 0 aliphatic rings. The highest BCUT2D eigenvalue weighted by molar-refractivity contribution is 6.30. The van der Waals surface area contributed by atoms with Crippen LogP contribution in [-0.2, 0) is 16.0 Å². The zero-order valence-electron chi connectivity index (χ0n) is 17.2. The number of benzene rings is 2. The summed E-state index contributed by atoms with van der Waals surface area (Å²) < 4.78 is 26.7. The SMILES string of the molecule is CCCC(NC(=O)Cc1cc(F)cc(F)c1)C(=O)Nc1ncc(-c2ccc(Cl)cc2)cn1. The van der Waals surface area contributed by atoms with E-state index >= 15 is 0 Å². The summed E-state index contributed by atoms with van der Waals surface area (Å²) >= 11 is 5.89. The number of hydrogen-bond donors (Lipinski definition) is 2. The first-order valence-electron chi connectivity index (χ1n) is 9.97. The van der Waals surface area contributed by atoms with Gasteiger partial charge in [-0.25, -0.2) is 18.7 Å². The highest BCUT2D eigenvalue weighted by Crippen LogP contribution is 2.20. The maximum Gasteiger partial charge on any atom is 0.249 e. The summed E-state index contributed by atoms with van der Waals surface area (Å²) in [5.41, 5.74) is 1.80. The van der Waals surface area contributed by atoms with E-state index in [1.54, 1.807) is 24.5 Å². The van der Waals surface area contributed by atoms with Crippen LogP contribution in [0.15, 0.2) is 54.9 Å². The quantitative estimate of drug-likeness (QED) is 0.519. The largest absolute Gasteiger partial charge is 0.344 e. The molecule has 0 saturated heterocycles. The third kappa shape index (κ3) is 6.55. The van der Waals surface area contributed by atoms with Gasteiger partial charge in [-0.1, -0.05) is 37.1 Å². The van der Waals surface area contributed by atoms with Gasteiger partial charge in [0, 0.05) is 29.0 Å². The van der Waals surface area contributed by atoms with Crippen LogP contribution in [0.4, 0.5) is 14.7 Å². The van der Waals surface area contributed by atoms with Gasteiger partial charge in [0.1, 0.15) is 17.7 Å². The molecule has 32 heavy (non-hydrogen) atoms. The summed E-state index contributed by atoms with van der Waals surface area (Å²) in [4.78, 5) is 33.3. The Hall–Kier alpha value is -3.39. The average Bonchev–Trinajstić information content (AvgIpc) is 2.74. The van der Waals surface area contributed by atoms with Crippen molar-refractivity contribution in [1.29, 1.82) is 0 Å². The second-order valence-corrected chi connectivity index (χ2v) is 7.59. The standard InChI is InChI=1S/C23H21ClF2N4O2/c1-2-3-20(29-21(31)10-14-8-18(25)11-19(26)9-14)22(32)30-23-27-12-16(13-28-23)15-4-6-17(24)7-5-15/h4-9,11-13,20H,2-3,10H2,1H3,(H,29,31)(H,27,28,30,32). The highest BCUT2D eigenvalue weighted by Gasteiger charge is 2.21. The van der Waals surface area contributed by atoms with E-state index < -0.39 is 29.5 Å². The summed E-state index contributed by atoms with van der Waals surface area (Å²) in [6, 6.07) is 9.21. The number of anilines is 1. The molecule has 0 radical (unpaired) electrons. The van der Waals surface area contributed by atoms with Crippen LogP contribution in [0.5, 0.6) is 0 Å². The molecular formula is C23H21ClF2N4O2. The van der Waals surface area contributed by atoms with Crippen LogP contribution in [0, 0.1) is 11.6 Å². The Morgan fingerprint density at radius 3 is 2.22 bits per heavy atom. The molecule has 1 unspecified atom stereocenters. The lowest BCUT2D eigenvalue weighted by Gasteiger charge is -2.17. The Bertz CT molecular complexity index is 1070. The maximum atomic E-state index is 13.3. The molecule has 0 fully saturated rings. The molecule has 166 valence electrons. The number of amides is 2. The van der Waals surface area contributed by atoms with Gasteiger partial charge in [-0.05, 0) is 41.8 Å². The lowest BCUT2D eigenvalue weighted by atomic mass is 10.1. The second-order valence-electron chi connectivity index (χ2n) is 7.15. The molecule has 2 aromatic carbocycles. The predicted octanol–water partition coefficient (Wildman–Crippen LogP) is 4.54. The van der Waals surface area contributed by atoms with Crippen molar-refractivity contribution < 1.29 is 18.4 Å². The van der Waals surface area contributed by atoms with Crippen molar-refractivity contribution >= 4 is 29.4 Å². The fourth-order valence-corrected chi connectivity index (χ4v) is 3.21. The van der Waals surface area contributed by atoms with Crippen LogP contribution in [0.3, 0.4) is 0 Å². The number of nitrogens with one attached hydrogen (secondary N) is 2. The molecule has 0 aliphatic heterocycles. The van der Waals surface area contributed by atoms with Gasteiger partial charge in [-0.15, -0.1) is 0 Å². The Kier molecular flexibility index (Phi) is 7.83. The third-order valence-electron chi connectivity index (χ3n) is 4.58. The summed E-state index contributed by atoms with van der Waals surface area (Å²) in [5.74, 6) is -2.45. The molecule has 0 saturated carbocycles. The number of nitrogens with zero attached hydrogens (tertiary/aromatic N) is 2. The first kappa shape index (κ1) is 23.3. The van der Waals surface area contributed by atoms with Crippen molar-refractivity contribution in [1.82, 2.24) is 15.3 Å². The number of hydrogen-bond acceptors (Lipinski definition) is 4. The Balaban J connectivity index is 1.62. The fraction of sp³-hybridized carbons (Fsp3) is 0.217. The van der Waals surface area contributed by atoms with Gasteiger partial charge in [-0.3, -0.25) is 14.9 Å². The van der Waals surface area contributed by atoms with Crippen LogP contribution in [0.25, 0.3) is 11.1 Å². The highest BCUT2D eigenvalue weighted by atomic mass is 35.5. The van der Waals surface area contributed by atoms with Crippen LogP contribution < -0.4 is 10.6 Å². The van der Waals surface area contributed by atoms with Gasteiger partial charge in [0.25, 0.3) is 0 Å². The smallest absolute Gasteiger partial charge is 0.249 e. The summed E-state index contributed by atoms with van der Waals surface area (Å²) in [5, 5.41) is 5.80. The van der Waals surface area contributed by atoms with E-state index in [0.29, 0.717) is 17.9 Å². The van der Waals surface area contributed by atoms with E-state index in [4.69, 9.17) is 11.6 Å². The van der Waals surface area contributed by atoms with E-state index in [1.165, 1.54) is 0 Å². The number of halogens is 3. The minimum absolute atomic E-state index is 0.0928. The minimum Gasteiger partial charge on any atom is -0.344 e. The Morgan fingerprint density at radius 2 is 1.62 bits per heavy atom. The Morgan fingerprint density at radius 1 is 1.00 bits per heavy atom. The van der Waals surface area contributed by atoms with Crippen LogP contribution in [-0.4, -0.2) is 27.8 Å². The molecule has 6 nitrogen and oxygen atoms in total. The van der Waals surface area contributed by atoms with Crippen molar-refractivity contribution in [2.24, 2.45) is 0 Å². The molecule has 1 heterocycles. The summed E-state index contributed by atoms with van der Waals surface area (Å²) in [7, 11) is 0. The lowest BCUT2D eigenvalue weighted by molar-refractivity contribution is -0.126. The monoisotopic (exact) mass is 458 g/mol. The van der Waals surface area contributed by atoms with Gasteiger partial charge >= 0.3 is 0 Å². The molecular weight excluding hydrogens is 438 g/mol. The van der Waals surface area contributed by atoms with Gasteiger partial charge in [-0.2, -0.15) is 0 Å². The predicted molar refractivity (Wildman–Crippen MR) is 118 cm³/mol. The number of rotatable bonds is 8. The molecule has 0 aliphatic carbocycles. The van der Waals surface area contributed by atoms with Crippen LogP contribution in [0.1, 0.15) is 25.3 Å². The van der Waals surface area contributed by atoms with E-state index in [0.717, 1.165) is 29.3 Å². The fourth-order valence-electron chi connectivity index (χ4n) is 3.08. The normalized spacial score (nSPS) is 11.6. The molecule has 2 amide bonds. The third-order valence-corrected chi connectivity index (χ3v) is 4.83. The average molecular weight is 459 g/mol. The molecule has 0 spiro atoms. The molecule has 9 heteroatoms. The zero-order chi connectivity index (χ0) is 23.1. The molecule has 2 N–H and O–H groups in total. The molecule has 3 rings (SSSR count). The summed E-state index contributed by atoms with van der Waals surface area (Å²) in [6.45, 7) is 1.87. The van der Waals surface area contributed by atoms with E-state index in [1.807, 2.05) is 19.1 Å². The lowest BCUT2D eigenvalue weighted by Crippen LogP contribution is -2.44. The van der Waals surface area contributed by atoms with E-state index in [9.17, 15) is 18.4 Å². The first-order valence-corrected chi connectivity index (χ1v) is 10.3. The van der Waals surface area contributed by atoms with Gasteiger partial charge in [0.2, 0.25) is 17.8 Å². The Labute approximate surface area is 189 Å². The number of carbonyl (C=O) groups excluding carboxylic acids is 2.